The molecule has 3 rings (SSSR count). The molecule has 0 amide bonds. The molecule has 21 heavy (non-hydrogen) atoms. The summed E-state index contributed by atoms with van der Waals surface area (Å²) < 4.78 is 12.4. The van der Waals surface area contributed by atoms with Gasteiger partial charge in [-0.1, -0.05) is 13.0 Å². The molecule has 0 aliphatic heterocycles. The van der Waals surface area contributed by atoms with Gasteiger partial charge in [-0.05, 0) is 25.5 Å². The lowest BCUT2D eigenvalue weighted by Gasteiger charge is -1.98. The Hall–Kier alpha value is -2.63. The zero-order chi connectivity index (χ0) is 14.8. The maximum absolute atomic E-state index is 11.9. The van der Waals surface area contributed by atoms with Crippen molar-refractivity contribution >= 4 is 11.5 Å². The average Bonchev–Trinajstić information content (AvgIpc) is 3.11. The monoisotopic (exact) mass is 285 g/mol. The van der Waals surface area contributed by atoms with Crippen LogP contribution in [0, 0.1) is 0 Å². The van der Waals surface area contributed by atoms with Crippen LogP contribution in [0.2, 0.25) is 0 Å². The SMILES string of the molecule is CCOC(=O)c1oc(-c2cnn3ccccc23)nc1CC. The van der Waals surface area contributed by atoms with E-state index in [0.717, 1.165) is 11.1 Å². The standard InChI is InChI=1S/C15H15N3O3/c1-3-11-13(15(19)20-4-2)21-14(17-11)10-9-16-18-8-6-5-7-12(10)18/h5-9H,3-4H2,1-2H3. The summed E-state index contributed by atoms with van der Waals surface area (Å²) in [7, 11) is 0. The fourth-order valence-electron chi connectivity index (χ4n) is 2.16. The molecule has 0 aliphatic carbocycles. The van der Waals surface area contributed by atoms with Crippen LogP contribution in [0.3, 0.4) is 0 Å². The van der Waals surface area contributed by atoms with Crippen LogP contribution in [-0.4, -0.2) is 27.2 Å². The number of hydrogen-bond donors (Lipinski definition) is 0. The number of nitrogens with zero attached hydrogens (tertiary/aromatic N) is 3. The largest absolute Gasteiger partial charge is 0.460 e. The summed E-state index contributed by atoms with van der Waals surface area (Å²) >= 11 is 0. The molecule has 0 saturated heterocycles. The van der Waals surface area contributed by atoms with Gasteiger partial charge in [-0.25, -0.2) is 14.3 Å². The second-order valence-electron chi connectivity index (χ2n) is 4.46. The van der Waals surface area contributed by atoms with Crippen molar-refractivity contribution in [2.45, 2.75) is 20.3 Å². The molecule has 0 aromatic carbocycles. The maximum atomic E-state index is 11.9. The minimum atomic E-state index is -0.482. The number of hydrogen-bond acceptors (Lipinski definition) is 5. The number of ether oxygens (including phenoxy) is 1. The van der Waals surface area contributed by atoms with Crippen molar-refractivity contribution in [3.8, 4) is 11.5 Å². The topological polar surface area (TPSA) is 69.6 Å². The summed E-state index contributed by atoms with van der Waals surface area (Å²) in [6.07, 6.45) is 4.11. The third-order valence-corrected chi connectivity index (χ3v) is 3.15. The van der Waals surface area contributed by atoms with E-state index in [1.165, 1.54) is 0 Å². The van der Waals surface area contributed by atoms with Gasteiger partial charge in [0.2, 0.25) is 11.7 Å². The molecule has 0 saturated carbocycles. The Balaban J connectivity index is 2.09. The minimum absolute atomic E-state index is 0.171. The van der Waals surface area contributed by atoms with Crippen LogP contribution < -0.4 is 0 Å². The number of aromatic nitrogens is 3. The summed E-state index contributed by atoms with van der Waals surface area (Å²) in [6, 6.07) is 5.72. The summed E-state index contributed by atoms with van der Waals surface area (Å²) in [5, 5.41) is 4.24. The van der Waals surface area contributed by atoms with Gasteiger partial charge >= 0.3 is 5.97 Å². The molecule has 3 aromatic rings. The highest BCUT2D eigenvalue weighted by atomic mass is 16.5. The predicted octanol–water partition coefficient (Wildman–Crippen LogP) is 2.73. The number of rotatable bonds is 4. The molecule has 0 aliphatic rings. The zero-order valence-corrected chi connectivity index (χ0v) is 11.9. The van der Waals surface area contributed by atoms with Crippen molar-refractivity contribution in [2.24, 2.45) is 0 Å². The van der Waals surface area contributed by atoms with Crippen molar-refractivity contribution in [2.75, 3.05) is 6.61 Å². The van der Waals surface area contributed by atoms with Gasteiger partial charge in [0.15, 0.2) is 0 Å². The van der Waals surface area contributed by atoms with Gasteiger partial charge in [-0.2, -0.15) is 5.10 Å². The van der Waals surface area contributed by atoms with Crippen LogP contribution in [0.25, 0.3) is 17.0 Å². The van der Waals surface area contributed by atoms with Crippen molar-refractivity contribution in [1.29, 1.82) is 0 Å². The zero-order valence-electron chi connectivity index (χ0n) is 11.9. The Kier molecular flexibility index (Phi) is 3.43. The van der Waals surface area contributed by atoms with E-state index in [2.05, 4.69) is 10.1 Å². The molecule has 108 valence electrons. The molecule has 0 radical (unpaired) electrons. The summed E-state index contributed by atoms with van der Waals surface area (Å²) in [5.41, 5.74) is 2.22. The van der Waals surface area contributed by atoms with Gasteiger partial charge in [0, 0.05) is 6.20 Å². The van der Waals surface area contributed by atoms with Crippen LogP contribution in [0.15, 0.2) is 35.0 Å². The van der Waals surface area contributed by atoms with Crippen molar-refractivity contribution in [3.05, 3.63) is 42.0 Å². The molecule has 0 atom stereocenters. The third kappa shape index (κ3) is 2.29. The molecule has 0 N–H and O–H groups in total. The van der Waals surface area contributed by atoms with Gasteiger partial charge in [-0.3, -0.25) is 0 Å². The number of oxazole rings is 1. The number of aryl methyl sites for hydroxylation is 1. The molecule has 6 nitrogen and oxygen atoms in total. The second-order valence-corrected chi connectivity index (χ2v) is 4.46. The van der Waals surface area contributed by atoms with E-state index in [4.69, 9.17) is 9.15 Å². The van der Waals surface area contributed by atoms with Gasteiger partial charge < -0.3 is 9.15 Å². The number of pyridine rings is 1. The van der Waals surface area contributed by atoms with Gasteiger partial charge in [0.05, 0.1) is 29.6 Å². The molecule has 6 heteroatoms. The van der Waals surface area contributed by atoms with Crippen molar-refractivity contribution in [3.63, 3.8) is 0 Å². The quantitative estimate of drug-likeness (QED) is 0.689. The first-order valence-electron chi connectivity index (χ1n) is 6.84. The molecular formula is C15H15N3O3. The molecule has 3 heterocycles. The number of carbonyl (C=O) groups excluding carboxylic acids is 1. The predicted molar refractivity (Wildman–Crippen MR) is 76.0 cm³/mol. The number of esters is 1. The van der Waals surface area contributed by atoms with Gasteiger partial charge in [-0.15, -0.1) is 0 Å². The molecule has 0 spiro atoms. The summed E-state index contributed by atoms with van der Waals surface area (Å²) in [5.74, 6) is 0.0744. The highest BCUT2D eigenvalue weighted by Crippen LogP contribution is 2.26. The van der Waals surface area contributed by atoms with E-state index in [1.54, 1.807) is 17.6 Å². The second kappa shape index (κ2) is 5.40. The number of carbonyl (C=O) groups is 1. The van der Waals surface area contributed by atoms with Crippen LogP contribution in [0.1, 0.15) is 30.1 Å². The Labute approximate surface area is 121 Å². The average molecular weight is 285 g/mol. The van der Waals surface area contributed by atoms with Crippen molar-refractivity contribution < 1.29 is 13.9 Å². The molecule has 0 unspecified atom stereocenters. The lowest BCUT2D eigenvalue weighted by Crippen LogP contribution is -2.05. The first-order chi connectivity index (χ1) is 10.2. The fraction of sp³-hybridized carbons (Fsp3) is 0.267. The van der Waals surface area contributed by atoms with Crippen LogP contribution in [-0.2, 0) is 11.2 Å². The molecule has 3 aromatic heterocycles. The Bertz CT molecular complexity index is 788. The lowest BCUT2D eigenvalue weighted by atomic mass is 10.2. The van der Waals surface area contributed by atoms with E-state index >= 15 is 0 Å². The minimum Gasteiger partial charge on any atom is -0.460 e. The van der Waals surface area contributed by atoms with E-state index in [1.807, 2.05) is 31.3 Å². The summed E-state index contributed by atoms with van der Waals surface area (Å²) in [6.45, 7) is 3.97. The van der Waals surface area contributed by atoms with E-state index in [9.17, 15) is 4.79 Å². The highest BCUT2D eigenvalue weighted by molar-refractivity contribution is 5.88. The molecular weight excluding hydrogens is 270 g/mol. The lowest BCUT2D eigenvalue weighted by molar-refractivity contribution is 0.0489. The van der Waals surface area contributed by atoms with Crippen molar-refractivity contribution in [1.82, 2.24) is 14.6 Å². The Morgan fingerprint density at radius 3 is 3.00 bits per heavy atom. The fourth-order valence-corrected chi connectivity index (χ4v) is 2.16. The Morgan fingerprint density at radius 1 is 1.38 bits per heavy atom. The first-order valence-corrected chi connectivity index (χ1v) is 6.84. The van der Waals surface area contributed by atoms with Gasteiger partial charge in [0.1, 0.15) is 0 Å². The van der Waals surface area contributed by atoms with E-state index in [0.29, 0.717) is 24.6 Å². The third-order valence-electron chi connectivity index (χ3n) is 3.15. The van der Waals surface area contributed by atoms with Crippen LogP contribution in [0.5, 0.6) is 0 Å². The van der Waals surface area contributed by atoms with Crippen LogP contribution in [0.4, 0.5) is 0 Å². The van der Waals surface area contributed by atoms with Crippen LogP contribution >= 0.6 is 0 Å². The van der Waals surface area contributed by atoms with Gasteiger partial charge in [0.25, 0.3) is 0 Å². The normalized spacial score (nSPS) is 11.0. The highest BCUT2D eigenvalue weighted by Gasteiger charge is 2.22. The summed E-state index contributed by atoms with van der Waals surface area (Å²) in [4.78, 5) is 16.3. The van der Waals surface area contributed by atoms with E-state index < -0.39 is 5.97 Å². The first kappa shape index (κ1) is 13.4. The smallest absolute Gasteiger partial charge is 0.376 e. The van der Waals surface area contributed by atoms with E-state index in [-0.39, 0.29) is 5.76 Å². The maximum Gasteiger partial charge on any atom is 0.376 e. The molecule has 0 bridgehead atoms. The molecule has 0 fully saturated rings. The number of fused-ring (bicyclic) bond motifs is 1. The Morgan fingerprint density at radius 2 is 2.24 bits per heavy atom.